The number of carbonyl (C=O) groups excluding carboxylic acids is 1. The van der Waals surface area contributed by atoms with Gasteiger partial charge in [0.15, 0.2) is 5.82 Å². The lowest BCUT2D eigenvalue weighted by Crippen LogP contribution is -2.28. The number of benzene rings is 1. The summed E-state index contributed by atoms with van der Waals surface area (Å²) in [4.78, 5) is 19.1. The first kappa shape index (κ1) is 20.7. The van der Waals surface area contributed by atoms with Crippen LogP contribution in [-0.4, -0.2) is 46.8 Å². The zero-order valence-electron chi connectivity index (χ0n) is 17.1. The van der Waals surface area contributed by atoms with Crippen LogP contribution >= 0.6 is 11.6 Å². The van der Waals surface area contributed by atoms with E-state index in [0.717, 1.165) is 17.0 Å². The standard InChI is InChI=1S/C21H23ClN4O3/c1-13-10-14(2)26(24-13)19-9-8-17(22)20(23-19)21(27)25(3)12-15-6-7-16(28-4)11-18(15)29-5/h6-11H,12H2,1-5H3. The molecule has 0 atom stereocenters. The highest BCUT2D eigenvalue weighted by Gasteiger charge is 2.20. The lowest BCUT2D eigenvalue weighted by atomic mass is 10.1. The molecule has 2 aromatic heterocycles. The Labute approximate surface area is 174 Å². The molecule has 29 heavy (non-hydrogen) atoms. The van der Waals surface area contributed by atoms with Gasteiger partial charge in [0.2, 0.25) is 0 Å². The van der Waals surface area contributed by atoms with Crippen molar-refractivity contribution >= 4 is 17.5 Å². The Hall–Kier alpha value is -3.06. The lowest BCUT2D eigenvalue weighted by Gasteiger charge is -2.20. The number of hydrogen-bond donors (Lipinski definition) is 0. The van der Waals surface area contributed by atoms with Gasteiger partial charge < -0.3 is 14.4 Å². The van der Waals surface area contributed by atoms with Crippen molar-refractivity contribution in [1.29, 1.82) is 0 Å². The summed E-state index contributed by atoms with van der Waals surface area (Å²) in [6.45, 7) is 4.16. The van der Waals surface area contributed by atoms with Crippen LogP contribution in [0, 0.1) is 13.8 Å². The number of aromatic nitrogens is 3. The molecule has 3 aromatic rings. The van der Waals surface area contributed by atoms with Gasteiger partial charge in [-0.2, -0.15) is 5.10 Å². The first-order valence-electron chi connectivity index (χ1n) is 9.00. The predicted molar refractivity (Wildman–Crippen MR) is 111 cm³/mol. The van der Waals surface area contributed by atoms with Crippen LogP contribution in [0.4, 0.5) is 0 Å². The lowest BCUT2D eigenvalue weighted by molar-refractivity contribution is 0.0778. The summed E-state index contributed by atoms with van der Waals surface area (Å²) in [5.74, 6) is 1.57. The normalized spacial score (nSPS) is 10.7. The maximum Gasteiger partial charge on any atom is 0.274 e. The average molecular weight is 415 g/mol. The van der Waals surface area contributed by atoms with Gasteiger partial charge in [0.1, 0.15) is 17.2 Å². The van der Waals surface area contributed by atoms with Crippen LogP contribution in [0.15, 0.2) is 36.4 Å². The molecule has 0 saturated carbocycles. The Bertz CT molecular complexity index is 1050. The van der Waals surface area contributed by atoms with Crippen LogP contribution in [0.5, 0.6) is 11.5 Å². The van der Waals surface area contributed by atoms with Crippen molar-refractivity contribution in [2.45, 2.75) is 20.4 Å². The molecule has 0 aliphatic carbocycles. The van der Waals surface area contributed by atoms with E-state index in [-0.39, 0.29) is 16.6 Å². The van der Waals surface area contributed by atoms with Gasteiger partial charge in [0, 0.05) is 30.9 Å². The van der Waals surface area contributed by atoms with Gasteiger partial charge >= 0.3 is 0 Å². The van der Waals surface area contributed by atoms with Crippen LogP contribution in [0.2, 0.25) is 5.02 Å². The largest absolute Gasteiger partial charge is 0.497 e. The first-order chi connectivity index (χ1) is 13.8. The molecule has 1 amide bonds. The zero-order valence-corrected chi connectivity index (χ0v) is 17.8. The van der Waals surface area contributed by atoms with Crippen LogP contribution in [-0.2, 0) is 6.54 Å². The SMILES string of the molecule is COc1ccc(CN(C)C(=O)c2nc(-n3nc(C)cc3C)ccc2Cl)c(OC)c1. The maximum absolute atomic E-state index is 13.1. The molecule has 0 fully saturated rings. The van der Waals surface area contributed by atoms with Crippen LogP contribution < -0.4 is 9.47 Å². The molecule has 2 heterocycles. The van der Waals surface area contributed by atoms with E-state index in [1.165, 1.54) is 0 Å². The minimum absolute atomic E-state index is 0.173. The quantitative estimate of drug-likeness (QED) is 0.613. The average Bonchev–Trinajstić information content (AvgIpc) is 3.06. The second-order valence-corrected chi connectivity index (χ2v) is 7.08. The van der Waals surface area contributed by atoms with E-state index < -0.39 is 0 Å². The Morgan fingerprint density at radius 3 is 2.52 bits per heavy atom. The van der Waals surface area contributed by atoms with Gasteiger partial charge in [-0.05, 0) is 44.2 Å². The summed E-state index contributed by atoms with van der Waals surface area (Å²) >= 11 is 6.29. The van der Waals surface area contributed by atoms with E-state index in [9.17, 15) is 4.79 Å². The van der Waals surface area contributed by atoms with Crippen molar-refractivity contribution < 1.29 is 14.3 Å². The number of methoxy groups -OCH3 is 2. The third-order valence-corrected chi connectivity index (χ3v) is 4.81. The number of hydrogen-bond acceptors (Lipinski definition) is 5. The number of rotatable bonds is 6. The van der Waals surface area contributed by atoms with Crippen molar-refractivity contribution in [3.63, 3.8) is 0 Å². The fourth-order valence-electron chi connectivity index (χ4n) is 3.05. The fourth-order valence-corrected chi connectivity index (χ4v) is 3.24. The molecule has 1 aromatic carbocycles. The van der Waals surface area contributed by atoms with Gasteiger partial charge in [0.05, 0.1) is 24.9 Å². The molecule has 7 nitrogen and oxygen atoms in total. The highest BCUT2D eigenvalue weighted by molar-refractivity contribution is 6.33. The summed E-state index contributed by atoms with van der Waals surface area (Å²) in [5, 5.41) is 4.71. The Balaban J connectivity index is 1.88. The number of amides is 1. The molecule has 152 valence electrons. The topological polar surface area (TPSA) is 69.5 Å². The number of carbonyl (C=O) groups is 1. The number of pyridine rings is 1. The second-order valence-electron chi connectivity index (χ2n) is 6.68. The van der Waals surface area contributed by atoms with E-state index in [2.05, 4.69) is 10.1 Å². The summed E-state index contributed by atoms with van der Waals surface area (Å²) in [5.41, 5.74) is 2.81. The van der Waals surface area contributed by atoms with Crippen LogP contribution in [0.1, 0.15) is 27.4 Å². The Morgan fingerprint density at radius 1 is 1.14 bits per heavy atom. The van der Waals surface area contributed by atoms with E-state index in [1.807, 2.05) is 32.0 Å². The molecule has 0 radical (unpaired) electrons. The molecule has 3 rings (SSSR count). The smallest absolute Gasteiger partial charge is 0.274 e. The molecular weight excluding hydrogens is 392 g/mol. The number of halogens is 1. The van der Waals surface area contributed by atoms with Crippen molar-refractivity contribution in [3.05, 3.63) is 64.1 Å². The summed E-state index contributed by atoms with van der Waals surface area (Å²) in [7, 11) is 4.87. The maximum atomic E-state index is 13.1. The van der Waals surface area contributed by atoms with Gasteiger partial charge in [-0.15, -0.1) is 0 Å². The molecule has 0 N–H and O–H groups in total. The van der Waals surface area contributed by atoms with E-state index in [4.69, 9.17) is 21.1 Å². The summed E-state index contributed by atoms with van der Waals surface area (Å²) in [6, 6.07) is 10.8. The monoisotopic (exact) mass is 414 g/mol. The fraction of sp³-hybridized carbons (Fsp3) is 0.286. The van der Waals surface area contributed by atoms with Crippen molar-refractivity contribution in [3.8, 4) is 17.3 Å². The van der Waals surface area contributed by atoms with Gasteiger partial charge in [-0.25, -0.2) is 9.67 Å². The van der Waals surface area contributed by atoms with Gasteiger partial charge in [-0.3, -0.25) is 4.79 Å². The minimum Gasteiger partial charge on any atom is -0.497 e. The number of nitrogens with zero attached hydrogens (tertiary/aromatic N) is 4. The molecule has 0 bridgehead atoms. The van der Waals surface area contributed by atoms with Crippen LogP contribution in [0.25, 0.3) is 5.82 Å². The predicted octanol–water partition coefficient (Wildman–Crippen LogP) is 3.83. The van der Waals surface area contributed by atoms with Gasteiger partial charge in [-0.1, -0.05) is 11.6 Å². The molecule has 0 unspecified atom stereocenters. The first-order valence-corrected chi connectivity index (χ1v) is 9.38. The Kier molecular flexibility index (Phi) is 6.08. The van der Waals surface area contributed by atoms with Crippen molar-refractivity contribution in [1.82, 2.24) is 19.7 Å². The zero-order chi connectivity index (χ0) is 21.1. The molecule has 0 aliphatic rings. The number of aryl methyl sites for hydroxylation is 2. The van der Waals surface area contributed by atoms with Gasteiger partial charge in [0.25, 0.3) is 5.91 Å². The number of ether oxygens (including phenoxy) is 2. The summed E-state index contributed by atoms with van der Waals surface area (Å²) in [6.07, 6.45) is 0. The molecule has 0 saturated heterocycles. The van der Waals surface area contributed by atoms with Crippen molar-refractivity contribution in [2.75, 3.05) is 21.3 Å². The minimum atomic E-state index is -0.295. The van der Waals surface area contributed by atoms with E-state index >= 15 is 0 Å². The molecule has 0 spiro atoms. The molecule has 0 aliphatic heterocycles. The highest BCUT2D eigenvalue weighted by atomic mass is 35.5. The third kappa shape index (κ3) is 4.35. The second kappa shape index (κ2) is 8.53. The third-order valence-electron chi connectivity index (χ3n) is 4.51. The highest BCUT2D eigenvalue weighted by Crippen LogP contribution is 2.26. The van der Waals surface area contributed by atoms with E-state index in [1.54, 1.807) is 49.0 Å². The van der Waals surface area contributed by atoms with Crippen molar-refractivity contribution in [2.24, 2.45) is 0 Å². The molecule has 8 heteroatoms. The summed E-state index contributed by atoms with van der Waals surface area (Å²) < 4.78 is 12.3. The van der Waals surface area contributed by atoms with E-state index in [0.29, 0.717) is 23.9 Å². The Morgan fingerprint density at radius 2 is 1.90 bits per heavy atom. The molecular formula is C21H23ClN4O3. The van der Waals surface area contributed by atoms with Crippen LogP contribution in [0.3, 0.4) is 0 Å².